The van der Waals surface area contributed by atoms with Gasteiger partial charge in [-0.25, -0.2) is 0 Å². The summed E-state index contributed by atoms with van der Waals surface area (Å²) < 4.78 is 7.24. The summed E-state index contributed by atoms with van der Waals surface area (Å²) in [5, 5.41) is 4.21. The largest absolute Gasteiger partial charge is 0.496 e. The molecule has 1 fully saturated rings. The molecular formula is C17H18N2O2. The maximum atomic E-state index is 11.7. The summed E-state index contributed by atoms with van der Waals surface area (Å²) >= 11 is 0. The van der Waals surface area contributed by atoms with E-state index in [0.717, 1.165) is 29.7 Å². The first-order valence-corrected chi connectivity index (χ1v) is 7.12. The molecule has 1 aromatic carbocycles. The summed E-state index contributed by atoms with van der Waals surface area (Å²) in [4.78, 5) is 11.7. The van der Waals surface area contributed by atoms with Crippen molar-refractivity contribution >= 4 is 11.9 Å². The van der Waals surface area contributed by atoms with E-state index in [0.29, 0.717) is 6.54 Å². The van der Waals surface area contributed by atoms with Crippen LogP contribution in [0.25, 0.3) is 6.08 Å². The molecule has 4 nitrogen and oxygen atoms in total. The second kappa shape index (κ2) is 5.95. The predicted molar refractivity (Wildman–Crippen MR) is 81.1 cm³/mol. The number of nitrogens with zero attached hydrogens (tertiary/aromatic N) is 2. The van der Waals surface area contributed by atoms with E-state index < -0.39 is 0 Å². The average molecular weight is 282 g/mol. The zero-order valence-corrected chi connectivity index (χ0v) is 12.0. The number of carbonyl (C=O) groups is 1. The normalized spacial score (nSPS) is 14.5. The molecule has 0 amide bonds. The standard InChI is InChI=1S/C17H18N2O2/c1-21-17-8-4-13(3-7-16(20)14-5-6-14)11-15(17)12-19-10-2-9-18-19/h2-4,7-11,14H,5-6,12H2,1H3/b7-3+. The highest BCUT2D eigenvalue weighted by molar-refractivity contribution is 5.96. The summed E-state index contributed by atoms with van der Waals surface area (Å²) in [7, 11) is 1.66. The first kappa shape index (κ1) is 13.6. The van der Waals surface area contributed by atoms with Gasteiger partial charge in [0.15, 0.2) is 5.78 Å². The molecule has 0 N–H and O–H groups in total. The molecule has 0 unspecified atom stereocenters. The Labute approximate surface area is 124 Å². The topological polar surface area (TPSA) is 44.1 Å². The number of hydrogen-bond acceptors (Lipinski definition) is 3. The number of carbonyl (C=O) groups excluding carboxylic acids is 1. The molecule has 108 valence electrons. The Kier molecular flexibility index (Phi) is 3.86. The highest BCUT2D eigenvalue weighted by atomic mass is 16.5. The van der Waals surface area contributed by atoms with E-state index in [1.54, 1.807) is 19.4 Å². The summed E-state index contributed by atoms with van der Waals surface area (Å²) in [5.41, 5.74) is 2.05. The Morgan fingerprint density at radius 3 is 3.00 bits per heavy atom. The molecule has 1 aliphatic rings. The molecular weight excluding hydrogens is 264 g/mol. The van der Waals surface area contributed by atoms with Crippen molar-refractivity contribution in [3.8, 4) is 5.75 Å². The third-order valence-corrected chi connectivity index (χ3v) is 3.62. The minimum atomic E-state index is 0.236. The molecule has 0 spiro atoms. The van der Waals surface area contributed by atoms with Crippen molar-refractivity contribution in [2.24, 2.45) is 5.92 Å². The monoisotopic (exact) mass is 282 g/mol. The average Bonchev–Trinajstić information content (AvgIpc) is 3.23. The van der Waals surface area contributed by atoms with E-state index in [1.165, 1.54) is 0 Å². The number of ketones is 1. The lowest BCUT2D eigenvalue weighted by atomic mass is 10.1. The zero-order valence-electron chi connectivity index (χ0n) is 12.0. The number of methoxy groups -OCH3 is 1. The molecule has 0 aliphatic heterocycles. The number of rotatable bonds is 6. The van der Waals surface area contributed by atoms with Crippen molar-refractivity contribution in [3.05, 3.63) is 53.9 Å². The lowest BCUT2D eigenvalue weighted by Crippen LogP contribution is -2.02. The maximum absolute atomic E-state index is 11.7. The second-order valence-electron chi connectivity index (χ2n) is 5.28. The van der Waals surface area contributed by atoms with Gasteiger partial charge in [0.25, 0.3) is 0 Å². The minimum Gasteiger partial charge on any atom is -0.496 e. The summed E-state index contributed by atoms with van der Waals surface area (Å²) in [5.74, 6) is 1.33. The Morgan fingerprint density at radius 2 is 2.33 bits per heavy atom. The number of benzene rings is 1. The molecule has 1 aromatic heterocycles. The summed E-state index contributed by atoms with van der Waals surface area (Å²) in [6.45, 7) is 0.647. The molecule has 4 heteroatoms. The molecule has 0 atom stereocenters. The SMILES string of the molecule is COc1ccc(/C=C/C(=O)C2CC2)cc1Cn1cccn1. The van der Waals surface area contributed by atoms with Gasteiger partial charge >= 0.3 is 0 Å². The maximum Gasteiger partial charge on any atom is 0.158 e. The molecule has 2 aromatic rings. The van der Waals surface area contributed by atoms with Crippen LogP contribution >= 0.6 is 0 Å². The Hall–Kier alpha value is -2.36. The summed E-state index contributed by atoms with van der Waals surface area (Å²) in [6, 6.07) is 7.82. The van der Waals surface area contributed by atoms with Crippen LogP contribution in [0.3, 0.4) is 0 Å². The molecule has 1 aliphatic carbocycles. The van der Waals surface area contributed by atoms with Crippen LogP contribution in [0.2, 0.25) is 0 Å². The van der Waals surface area contributed by atoms with E-state index in [4.69, 9.17) is 4.74 Å². The molecule has 0 saturated heterocycles. The van der Waals surface area contributed by atoms with Gasteiger partial charge in [0.1, 0.15) is 5.75 Å². The van der Waals surface area contributed by atoms with Gasteiger partial charge in [0, 0.05) is 23.9 Å². The van der Waals surface area contributed by atoms with Gasteiger partial charge < -0.3 is 4.74 Å². The van der Waals surface area contributed by atoms with Crippen LogP contribution in [-0.2, 0) is 11.3 Å². The van der Waals surface area contributed by atoms with Gasteiger partial charge in [-0.1, -0.05) is 12.1 Å². The summed E-state index contributed by atoms with van der Waals surface area (Å²) in [6.07, 6.45) is 9.32. The van der Waals surface area contributed by atoms with Gasteiger partial charge in [-0.05, 0) is 42.7 Å². The van der Waals surface area contributed by atoms with Crippen LogP contribution in [0.1, 0.15) is 24.0 Å². The Bertz CT molecular complexity index is 655. The van der Waals surface area contributed by atoms with Gasteiger partial charge in [0.05, 0.1) is 13.7 Å². The van der Waals surface area contributed by atoms with Crippen molar-refractivity contribution in [2.45, 2.75) is 19.4 Å². The number of aromatic nitrogens is 2. The highest BCUT2D eigenvalue weighted by Crippen LogP contribution is 2.30. The van der Waals surface area contributed by atoms with Crippen LogP contribution in [-0.4, -0.2) is 22.7 Å². The Balaban J connectivity index is 1.80. The third-order valence-electron chi connectivity index (χ3n) is 3.62. The van der Waals surface area contributed by atoms with Gasteiger partial charge in [0.2, 0.25) is 0 Å². The number of hydrogen-bond donors (Lipinski definition) is 0. The van der Waals surface area contributed by atoms with Crippen molar-refractivity contribution in [3.63, 3.8) is 0 Å². The van der Waals surface area contributed by atoms with Crippen LogP contribution in [0, 0.1) is 5.92 Å². The minimum absolute atomic E-state index is 0.236. The molecule has 3 rings (SSSR count). The van der Waals surface area contributed by atoms with Gasteiger partial charge in [-0.15, -0.1) is 0 Å². The van der Waals surface area contributed by atoms with Crippen LogP contribution in [0.4, 0.5) is 0 Å². The third kappa shape index (κ3) is 3.40. The lowest BCUT2D eigenvalue weighted by molar-refractivity contribution is -0.115. The molecule has 0 radical (unpaired) electrons. The van der Waals surface area contributed by atoms with Crippen molar-refractivity contribution in [1.29, 1.82) is 0 Å². The van der Waals surface area contributed by atoms with Crippen LogP contribution < -0.4 is 4.74 Å². The number of ether oxygens (including phenoxy) is 1. The predicted octanol–water partition coefficient (Wildman–Crippen LogP) is 2.93. The number of allylic oxidation sites excluding steroid dienone is 1. The van der Waals surface area contributed by atoms with Gasteiger partial charge in [-0.3, -0.25) is 9.48 Å². The van der Waals surface area contributed by atoms with Crippen LogP contribution in [0.15, 0.2) is 42.7 Å². The smallest absolute Gasteiger partial charge is 0.158 e. The molecule has 1 heterocycles. The molecule has 1 saturated carbocycles. The van der Waals surface area contributed by atoms with Crippen molar-refractivity contribution < 1.29 is 9.53 Å². The van der Waals surface area contributed by atoms with Gasteiger partial charge in [-0.2, -0.15) is 5.10 Å². The highest BCUT2D eigenvalue weighted by Gasteiger charge is 2.27. The van der Waals surface area contributed by atoms with Crippen molar-refractivity contribution in [2.75, 3.05) is 7.11 Å². The zero-order chi connectivity index (χ0) is 14.7. The van der Waals surface area contributed by atoms with Crippen LogP contribution in [0.5, 0.6) is 5.75 Å². The van der Waals surface area contributed by atoms with E-state index >= 15 is 0 Å². The second-order valence-corrected chi connectivity index (χ2v) is 5.28. The fourth-order valence-corrected chi connectivity index (χ4v) is 2.28. The fraction of sp³-hybridized carbons (Fsp3) is 0.294. The van der Waals surface area contributed by atoms with E-state index in [1.807, 2.05) is 41.2 Å². The van der Waals surface area contributed by atoms with E-state index in [-0.39, 0.29) is 11.7 Å². The lowest BCUT2D eigenvalue weighted by Gasteiger charge is -2.09. The van der Waals surface area contributed by atoms with Crippen molar-refractivity contribution in [1.82, 2.24) is 9.78 Å². The fourth-order valence-electron chi connectivity index (χ4n) is 2.28. The first-order chi connectivity index (χ1) is 10.3. The van der Waals surface area contributed by atoms with E-state index in [2.05, 4.69) is 5.10 Å². The quantitative estimate of drug-likeness (QED) is 0.765. The first-order valence-electron chi connectivity index (χ1n) is 7.12. The molecule has 21 heavy (non-hydrogen) atoms. The van der Waals surface area contributed by atoms with E-state index in [9.17, 15) is 4.79 Å². The molecule has 0 bridgehead atoms. The Morgan fingerprint density at radius 1 is 1.48 bits per heavy atom.